The molecule has 6 heteroatoms. The van der Waals surface area contributed by atoms with Gasteiger partial charge in [-0.1, -0.05) is 30.3 Å². The van der Waals surface area contributed by atoms with Gasteiger partial charge in [-0.2, -0.15) is 0 Å². The number of aryl methyl sites for hydroxylation is 2. The molecule has 2 aromatic heterocycles. The van der Waals surface area contributed by atoms with Crippen LogP contribution >= 0.6 is 22.7 Å². The number of hydrogen-bond donors (Lipinski definition) is 2. The van der Waals surface area contributed by atoms with Gasteiger partial charge in [-0.05, 0) is 80.5 Å². The summed E-state index contributed by atoms with van der Waals surface area (Å²) in [5.74, 6) is 0.0398. The minimum Gasteiger partial charge on any atom is -0.334 e. The van der Waals surface area contributed by atoms with Crippen molar-refractivity contribution in [2.75, 3.05) is 5.32 Å². The maximum atomic E-state index is 12.9. The minimum absolute atomic E-state index is 0.0398. The highest BCUT2D eigenvalue weighted by atomic mass is 32.1. The third-order valence-corrected chi connectivity index (χ3v) is 9.08. The lowest BCUT2D eigenvalue weighted by Crippen LogP contribution is -2.29. The number of thiophene rings is 2. The van der Waals surface area contributed by atoms with Crippen LogP contribution in [0.1, 0.15) is 69.4 Å². The number of carbonyl (C=O) groups excluding carboxylic acids is 2. The van der Waals surface area contributed by atoms with Crippen molar-refractivity contribution in [3.05, 3.63) is 62.3 Å². The highest BCUT2D eigenvalue weighted by Crippen LogP contribution is 2.41. The molecule has 0 fully saturated rings. The molecule has 0 unspecified atom stereocenters. The van der Waals surface area contributed by atoms with E-state index in [1.165, 1.54) is 44.2 Å². The predicted octanol–water partition coefficient (Wildman–Crippen LogP) is 6.76. The average Bonchev–Trinajstić information content (AvgIpc) is 3.36. The van der Waals surface area contributed by atoms with Crippen molar-refractivity contribution in [1.29, 1.82) is 0 Å². The van der Waals surface area contributed by atoms with Gasteiger partial charge < -0.3 is 5.32 Å². The molecule has 0 radical (unpaired) electrons. The third-order valence-electron chi connectivity index (χ3n) is 6.49. The molecule has 2 heterocycles. The Morgan fingerprint density at radius 2 is 1.53 bits per heavy atom. The van der Waals surface area contributed by atoms with E-state index >= 15 is 0 Å². The van der Waals surface area contributed by atoms with E-state index in [1.54, 1.807) is 18.3 Å². The predicted molar refractivity (Wildman–Crippen MR) is 133 cm³/mol. The Labute approximate surface area is 197 Å². The highest BCUT2D eigenvalue weighted by Gasteiger charge is 2.25. The molecular weight excluding hydrogens is 436 g/mol. The second-order valence-electron chi connectivity index (χ2n) is 8.66. The Morgan fingerprint density at radius 3 is 2.25 bits per heavy atom. The van der Waals surface area contributed by atoms with E-state index in [0.717, 1.165) is 49.7 Å². The van der Waals surface area contributed by atoms with E-state index in [4.69, 9.17) is 0 Å². The minimum atomic E-state index is -0.235. The summed E-state index contributed by atoms with van der Waals surface area (Å²) >= 11 is 3.46. The van der Waals surface area contributed by atoms with Gasteiger partial charge in [-0.25, -0.2) is 4.79 Å². The van der Waals surface area contributed by atoms with Crippen LogP contribution in [0.5, 0.6) is 0 Å². The van der Waals surface area contributed by atoms with Gasteiger partial charge in [-0.15, -0.1) is 22.7 Å². The van der Waals surface area contributed by atoms with Crippen molar-refractivity contribution in [3.8, 4) is 10.4 Å². The zero-order valence-corrected chi connectivity index (χ0v) is 20.0. The normalized spacial score (nSPS) is 15.0. The van der Waals surface area contributed by atoms with Crippen LogP contribution in [0.25, 0.3) is 10.4 Å². The van der Waals surface area contributed by atoms with Gasteiger partial charge in [0.15, 0.2) is 5.78 Å². The molecule has 2 amide bonds. The van der Waals surface area contributed by atoms with Crippen molar-refractivity contribution in [3.63, 3.8) is 0 Å². The SMILES string of the molecule is CC(=O)c1c(NC(=O)NCc2c(-c3ccccc3)sc3c2CCCC3)sc2c1CCCC2. The largest absolute Gasteiger partial charge is 0.334 e. The molecule has 5 rings (SSSR count). The molecule has 0 bridgehead atoms. The summed E-state index contributed by atoms with van der Waals surface area (Å²) in [6.45, 7) is 2.10. The monoisotopic (exact) mass is 464 g/mol. The topological polar surface area (TPSA) is 58.2 Å². The lowest BCUT2D eigenvalue weighted by Gasteiger charge is -2.14. The van der Waals surface area contributed by atoms with Gasteiger partial charge in [0.05, 0.1) is 5.56 Å². The molecule has 1 aromatic carbocycles. The number of rotatable bonds is 5. The molecule has 166 valence electrons. The number of Topliss-reactive ketones (excluding diaryl/α,β-unsaturated/α-hetero) is 1. The smallest absolute Gasteiger partial charge is 0.320 e. The number of urea groups is 1. The van der Waals surface area contributed by atoms with Crippen LogP contribution in [0, 0.1) is 0 Å². The third kappa shape index (κ3) is 4.14. The molecule has 32 heavy (non-hydrogen) atoms. The number of amides is 2. The van der Waals surface area contributed by atoms with Gasteiger partial charge in [0.2, 0.25) is 0 Å². The Bertz CT molecular complexity index is 1160. The zero-order chi connectivity index (χ0) is 22.1. The summed E-state index contributed by atoms with van der Waals surface area (Å²) in [6.07, 6.45) is 8.88. The number of hydrogen-bond acceptors (Lipinski definition) is 4. The van der Waals surface area contributed by atoms with Crippen molar-refractivity contribution in [2.45, 2.75) is 64.8 Å². The molecule has 0 saturated heterocycles. The van der Waals surface area contributed by atoms with E-state index in [2.05, 4.69) is 34.9 Å². The average molecular weight is 465 g/mol. The lowest BCUT2D eigenvalue weighted by molar-refractivity contribution is 0.101. The molecule has 2 aliphatic carbocycles. The fourth-order valence-electron chi connectivity index (χ4n) is 4.98. The van der Waals surface area contributed by atoms with Crippen molar-refractivity contribution < 1.29 is 9.59 Å². The number of carbonyl (C=O) groups is 2. The van der Waals surface area contributed by atoms with E-state index in [-0.39, 0.29) is 11.8 Å². The highest BCUT2D eigenvalue weighted by molar-refractivity contribution is 7.17. The molecule has 0 atom stereocenters. The van der Waals surface area contributed by atoms with E-state index < -0.39 is 0 Å². The molecular formula is C26H28N2O2S2. The van der Waals surface area contributed by atoms with Gasteiger partial charge in [0, 0.05) is 21.2 Å². The van der Waals surface area contributed by atoms with Crippen LogP contribution in [0.2, 0.25) is 0 Å². The van der Waals surface area contributed by atoms with Crippen molar-refractivity contribution in [2.24, 2.45) is 0 Å². The standard InChI is InChI=1S/C26H28N2O2S2/c1-16(29)23-19-12-6-8-14-22(19)32-25(23)28-26(30)27-15-20-18-11-5-7-13-21(18)31-24(20)17-9-3-2-4-10-17/h2-4,9-10H,5-8,11-15H2,1H3,(H2,27,28,30). The Balaban J connectivity index is 1.37. The summed E-state index contributed by atoms with van der Waals surface area (Å²) < 4.78 is 0. The first-order chi connectivity index (χ1) is 15.6. The van der Waals surface area contributed by atoms with Gasteiger partial charge in [0.25, 0.3) is 0 Å². The fraction of sp³-hybridized carbons (Fsp3) is 0.385. The zero-order valence-electron chi connectivity index (χ0n) is 18.4. The first-order valence-electron chi connectivity index (χ1n) is 11.5. The molecule has 2 N–H and O–H groups in total. The number of fused-ring (bicyclic) bond motifs is 2. The molecule has 0 spiro atoms. The van der Waals surface area contributed by atoms with Crippen LogP contribution in [-0.4, -0.2) is 11.8 Å². The molecule has 3 aromatic rings. The Morgan fingerprint density at radius 1 is 0.875 bits per heavy atom. The summed E-state index contributed by atoms with van der Waals surface area (Å²) in [5, 5.41) is 6.80. The Kier molecular flexibility index (Phi) is 6.15. The van der Waals surface area contributed by atoms with Crippen LogP contribution in [0.3, 0.4) is 0 Å². The fourth-order valence-corrected chi connectivity index (χ4v) is 7.73. The number of anilines is 1. The summed E-state index contributed by atoms with van der Waals surface area (Å²) in [4.78, 5) is 29.2. The van der Waals surface area contributed by atoms with Crippen LogP contribution in [-0.2, 0) is 32.2 Å². The maximum absolute atomic E-state index is 12.9. The van der Waals surface area contributed by atoms with Gasteiger partial charge in [-0.3, -0.25) is 10.1 Å². The number of nitrogens with one attached hydrogen (secondary N) is 2. The molecule has 2 aliphatic rings. The van der Waals surface area contributed by atoms with Crippen LogP contribution in [0.15, 0.2) is 30.3 Å². The second kappa shape index (κ2) is 9.20. The van der Waals surface area contributed by atoms with Crippen LogP contribution < -0.4 is 10.6 Å². The van der Waals surface area contributed by atoms with Crippen molar-refractivity contribution >= 4 is 39.5 Å². The number of benzene rings is 1. The summed E-state index contributed by atoms with van der Waals surface area (Å²) in [6, 6.07) is 10.2. The lowest BCUT2D eigenvalue weighted by atomic mass is 9.93. The van der Waals surface area contributed by atoms with Gasteiger partial charge in [0.1, 0.15) is 5.00 Å². The molecule has 0 aliphatic heterocycles. The van der Waals surface area contributed by atoms with Crippen molar-refractivity contribution in [1.82, 2.24) is 5.32 Å². The molecule has 4 nitrogen and oxygen atoms in total. The first-order valence-corrected chi connectivity index (χ1v) is 13.1. The quantitative estimate of drug-likeness (QED) is 0.410. The van der Waals surface area contributed by atoms with Gasteiger partial charge >= 0.3 is 6.03 Å². The van der Waals surface area contributed by atoms with E-state index in [1.807, 2.05) is 17.4 Å². The second-order valence-corrected chi connectivity index (χ2v) is 10.9. The van der Waals surface area contributed by atoms with Crippen LogP contribution in [0.4, 0.5) is 9.80 Å². The number of ketones is 1. The van der Waals surface area contributed by atoms with E-state index in [9.17, 15) is 9.59 Å². The summed E-state index contributed by atoms with van der Waals surface area (Å²) in [5.41, 5.74) is 5.77. The maximum Gasteiger partial charge on any atom is 0.320 e. The molecule has 0 saturated carbocycles. The van der Waals surface area contributed by atoms with E-state index in [0.29, 0.717) is 11.5 Å². The first kappa shape index (κ1) is 21.4. The summed E-state index contributed by atoms with van der Waals surface area (Å²) in [7, 11) is 0. The Hall–Kier alpha value is -2.44.